The van der Waals surface area contributed by atoms with Crippen molar-refractivity contribution in [3.8, 4) is 0 Å². The van der Waals surface area contributed by atoms with Crippen molar-refractivity contribution in [1.29, 1.82) is 0 Å². The monoisotopic (exact) mass is 264 g/mol. The van der Waals surface area contributed by atoms with Crippen LogP contribution in [-0.2, 0) is 6.54 Å². The molecule has 0 bridgehead atoms. The summed E-state index contributed by atoms with van der Waals surface area (Å²) in [5.41, 5.74) is 1.19. The molecule has 2 rings (SSSR count). The van der Waals surface area contributed by atoms with Crippen molar-refractivity contribution in [2.75, 3.05) is 19.6 Å². The van der Waals surface area contributed by atoms with E-state index >= 15 is 0 Å². The molecule has 1 saturated heterocycles. The number of rotatable bonds is 7. The molecular formula is C15H28N4. The number of hydrogen-bond donors (Lipinski definition) is 1. The predicted octanol–water partition coefficient (Wildman–Crippen LogP) is 2.43. The minimum atomic E-state index is 0.449. The average Bonchev–Trinajstić information content (AvgIpc) is 3.00. The predicted molar refractivity (Wildman–Crippen MR) is 79.2 cm³/mol. The van der Waals surface area contributed by atoms with Crippen molar-refractivity contribution in [3.05, 3.63) is 18.0 Å². The van der Waals surface area contributed by atoms with E-state index < -0.39 is 0 Å². The average molecular weight is 264 g/mol. The summed E-state index contributed by atoms with van der Waals surface area (Å²) >= 11 is 0. The van der Waals surface area contributed by atoms with Crippen LogP contribution in [0.5, 0.6) is 0 Å². The maximum Gasteiger partial charge on any atom is 0.0764 e. The largest absolute Gasteiger partial charge is 0.313 e. The Morgan fingerprint density at radius 3 is 2.95 bits per heavy atom. The van der Waals surface area contributed by atoms with E-state index in [1.165, 1.54) is 31.5 Å². The molecule has 1 aromatic rings. The first-order valence-electron chi connectivity index (χ1n) is 7.68. The summed E-state index contributed by atoms with van der Waals surface area (Å²) in [4.78, 5) is 2.54. The van der Waals surface area contributed by atoms with Crippen LogP contribution in [0.4, 0.5) is 0 Å². The highest BCUT2D eigenvalue weighted by Crippen LogP contribution is 2.11. The minimum absolute atomic E-state index is 0.449. The van der Waals surface area contributed by atoms with Crippen LogP contribution in [0.1, 0.15) is 51.8 Å². The zero-order valence-electron chi connectivity index (χ0n) is 12.6. The molecule has 1 fully saturated rings. The first kappa shape index (κ1) is 14.5. The Morgan fingerprint density at radius 2 is 2.37 bits per heavy atom. The SMILES string of the molecule is CCCN(Cc1ccn(C(C)C)n1)CC1CCCN1. The highest BCUT2D eigenvalue weighted by atomic mass is 15.3. The lowest BCUT2D eigenvalue weighted by Crippen LogP contribution is -2.37. The summed E-state index contributed by atoms with van der Waals surface area (Å²) in [6, 6.07) is 3.29. The van der Waals surface area contributed by atoms with Crippen molar-refractivity contribution in [1.82, 2.24) is 20.0 Å². The van der Waals surface area contributed by atoms with Crippen LogP contribution in [0.3, 0.4) is 0 Å². The van der Waals surface area contributed by atoms with Crippen molar-refractivity contribution in [2.45, 2.75) is 58.7 Å². The Labute approximate surface area is 117 Å². The summed E-state index contributed by atoms with van der Waals surface area (Å²) in [5.74, 6) is 0. The first-order chi connectivity index (χ1) is 9.19. The normalized spacial score (nSPS) is 19.7. The highest BCUT2D eigenvalue weighted by molar-refractivity contribution is 4.99. The molecule has 1 unspecified atom stereocenters. The zero-order valence-corrected chi connectivity index (χ0v) is 12.6. The fourth-order valence-corrected chi connectivity index (χ4v) is 2.75. The van der Waals surface area contributed by atoms with Gasteiger partial charge in [0, 0.05) is 31.4 Å². The molecule has 1 atom stereocenters. The van der Waals surface area contributed by atoms with Gasteiger partial charge in [0.2, 0.25) is 0 Å². The van der Waals surface area contributed by atoms with E-state index in [0.717, 1.165) is 19.6 Å². The molecule has 0 spiro atoms. The van der Waals surface area contributed by atoms with Crippen molar-refractivity contribution >= 4 is 0 Å². The molecule has 4 heteroatoms. The molecule has 0 saturated carbocycles. The summed E-state index contributed by atoms with van der Waals surface area (Å²) < 4.78 is 2.05. The molecule has 0 radical (unpaired) electrons. The second kappa shape index (κ2) is 7.06. The van der Waals surface area contributed by atoms with Gasteiger partial charge in [-0.2, -0.15) is 5.10 Å². The van der Waals surface area contributed by atoms with Gasteiger partial charge in [0.25, 0.3) is 0 Å². The van der Waals surface area contributed by atoms with E-state index in [1.54, 1.807) is 0 Å². The second-order valence-corrected chi connectivity index (χ2v) is 5.91. The maximum absolute atomic E-state index is 4.66. The molecule has 0 amide bonds. The van der Waals surface area contributed by atoms with Gasteiger partial charge in [-0.1, -0.05) is 6.92 Å². The van der Waals surface area contributed by atoms with Gasteiger partial charge in [-0.15, -0.1) is 0 Å². The number of nitrogens with one attached hydrogen (secondary N) is 1. The summed E-state index contributed by atoms with van der Waals surface area (Å²) in [7, 11) is 0. The number of nitrogens with zero attached hydrogens (tertiary/aromatic N) is 3. The van der Waals surface area contributed by atoms with Gasteiger partial charge < -0.3 is 5.32 Å². The van der Waals surface area contributed by atoms with Crippen molar-refractivity contribution in [2.24, 2.45) is 0 Å². The van der Waals surface area contributed by atoms with E-state index in [4.69, 9.17) is 0 Å². The molecule has 108 valence electrons. The lowest BCUT2D eigenvalue weighted by molar-refractivity contribution is 0.238. The van der Waals surface area contributed by atoms with Crippen LogP contribution in [0.25, 0.3) is 0 Å². The van der Waals surface area contributed by atoms with E-state index in [2.05, 4.69) is 48.3 Å². The lowest BCUT2D eigenvalue weighted by Gasteiger charge is -2.24. The van der Waals surface area contributed by atoms with Gasteiger partial charge in [-0.05, 0) is 52.3 Å². The fraction of sp³-hybridized carbons (Fsp3) is 0.800. The van der Waals surface area contributed by atoms with E-state index in [9.17, 15) is 0 Å². The molecule has 19 heavy (non-hydrogen) atoms. The lowest BCUT2D eigenvalue weighted by atomic mass is 10.2. The topological polar surface area (TPSA) is 33.1 Å². The molecule has 2 heterocycles. The third kappa shape index (κ3) is 4.32. The first-order valence-corrected chi connectivity index (χ1v) is 7.68. The number of aromatic nitrogens is 2. The quantitative estimate of drug-likeness (QED) is 0.821. The highest BCUT2D eigenvalue weighted by Gasteiger charge is 2.18. The van der Waals surface area contributed by atoms with E-state index in [-0.39, 0.29) is 0 Å². The molecule has 0 aromatic carbocycles. The van der Waals surface area contributed by atoms with Crippen LogP contribution in [0, 0.1) is 0 Å². The Hall–Kier alpha value is -0.870. The third-order valence-corrected chi connectivity index (χ3v) is 3.76. The Morgan fingerprint density at radius 1 is 1.53 bits per heavy atom. The molecule has 1 aliphatic rings. The van der Waals surface area contributed by atoms with Gasteiger partial charge >= 0.3 is 0 Å². The van der Waals surface area contributed by atoms with Gasteiger partial charge in [0.15, 0.2) is 0 Å². The van der Waals surface area contributed by atoms with Crippen molar-refractivity contribution in [3.63, 3.8) is 0 Å². The van der Waals surface area contributed by atoms with Gasteiger partial charge in [0.05, 0.1) is 5.69 Å². The zero-order chi connectivity index (χ0) is 13.7. The second-order valence-electron chi connectivity index (χ2n) is 5.91. The Kier molecular flexibility index (Phi) is 5.40. The molecule has 1 N–H and O–H groups in total. The van der Waals surface area contributed by atoms with Crippen LogP contribution in [-0.4, -0.2) is 40.4 Å². The van der Waals surface area contributed by atoms with Crippen LogP contribution in [0.15, 0.2) is 12.3 Å². The molecule has 1 aromatic heterocycles. The van der Waals surface area contributed by atoms with Gasteiger partial charge in [-0.25, -0.2) is 0 Å². The molecule has 0 aliphatic carbocycles. The fourth-order valence-electron chi connectivity index (χ4n) is 2.75. The van der Waals surface area contributed by atoms with Crippen LogP contribution < -0.4 is 5.32 Å². The molecular weight excluding hydrogens is 236 g/mol. The summed E-state index contributed by atoms with van der Waals surface area (Å²) in [6.45, 7) is 11.1. The van der Waals surface area contributed by atoms with Crippen LogP contribution >= 0.6 is 0 Å². The number of hydrogen-bond acceptors (Lipinski definition) is 3. The smallest absolute Gasteiger partial charge is 0.0764 e. The van der Waals surface area contributed by atoms with E-state index in [1.807, 2.05) is 4.68 Å². The Bertz CT molecular complexity index is 366. The van der Waals surface area contributed by atoms with E-state index in [0.29, 0.717) is 12.1 Å². The van der Waals surface area contributed by atoms with Crippen molar-refractivity contribution < 1.29 is 0 Å². The van der Waals surface area contributed by atoms with Gasteiger partial charge in [0.1, 0.15) is 0 Å². The minimum Gasteiger partial charge on any atom is -0.313 e. The Balaban J connectivity index is 1.90. The van der Waals surface area contributed by atoms with Crippen LogP contribution in [0.2, 0.25) is 0 Å². The standard InChI is InChI=1S/C15H28N4/c1-4-9-18(11-14-6-5-8-16-14)12-15-7-10-19(17-15)13(2)3/h7,10,13-14,16H,4-6,8-9,11-12H2,1-3H3. The molecule has 1 aliphatic heterocycles. The summed E-state index contributed by atoms with van der Waals surface area (Å²) in [5, 5.41) is 8.25. The van der Waals surface area contributed by atoms with Gasteiger partial charge in [-0.3, -0.25) is 9.58 Å². The maximum atomic E-state index is 4.66. The summed E-state index contributed by atoms with van der Waals surface area (Å²) in [6.07, 6.45) is 5.95. The molecule has 4 nitrogen and oxygen atoms in total. The third-order valence-electron chi connectivity index (χ3n) is 3.76.